The van der Waals surface area contributed by atoms with Crippen LogP contribution in [-0.2, 0) is 14.4 Å². The molecule has 0 atom stereocenters. The maximum atomic E-state index is 9.60. The molecule has 0 aromatic heterocycles. The standard InChI is InChI=1S/3C4H8O2.2C3H8O.Al.3H/c3*1-2-3-4(5)6;2*1-3(2)4;;;;/h3*2-3H2,1H3,(H,5,6);2*3-4H,1-2H3;;;;. The van der Waals surface area contributed by atoms with Gasteiger partial charge in [-0.05, 0) is 47.0 Å². The summed E-state index contributed by atoms with van der Waals surface area (Å²) in [6.07, 6.45) is 2.74. The Labute approximate surface area is 174 Å². The molecular formula is C18H43AlO8. The lowest BCUT2D eigenvalue weighted by molar-refractivity contribution is -0.138. The number of aliphatic hydroxyl groups excluding tert-OH is 2. The van der Waals surface area contributed by atoms with Gasteiger partial charge in [0, 0.05) is 31.5 Å². The lowest BCUT2D eigenvalue weighted by atomic mass is 10.4. The minimum atomic E-state index is -0.711. The van der Waals surface area contributed by atoms with E-state index < -0.39 is 17.9 Å². The lowest BCUT2D eigenvalue weighted by Gasteiger charge is -1.80. The van der Waals surface area contributed by atoms with Gasteiger partial charge in [-0.25, -0.2) is 0 Å². The van der Waals surface area contributed by atoms with Crippen LogP contribution in [0.25, 0.3) is 0 Å². The summed E-state index contributed by atoms with van der Waals surface area (Å²) in [4.78, 5) is 28.8. The lowest BCUT2D eigenvalue weighted by Crippen LogP contribution is -1.90. The molecule has 0 aromatic rings. The molecule has 0 unspecified atom stereocenters. The molecule has 0 amide bonds. The molecule has 8 nitrogen and oxygen atoms in total. The van der Waals surface area contributed by atoms with Crippen molar-refractivity contribution in [3.63, 3.8) is 0 Å². The first-order valence-corrected chi connectivity index (χ1v) is 8.79. The van der Waals surface area contributed by atoms with Gasteiger partial charge in [-0.3, -0.25) is 14.4 Å². The second-order valence-corrected chi connectivity index (χ2v) is 5.62. The van der Waals surface area contributed by atoms with Crippen LogP contribution >= 0.6 is 0 Å². The number of rotatable bonds is 6. The summed E-state index contributed by atoms with van der Waals surface area (Å²) in [6.45, 7) is 12.4. The molecule has 0 fully saturated rings. The van der Waals surface area contributed by atoms with E-state index in [-0.39, 0.29) is 29.6 Å². The van der Waals surface area contributed by atoms with Crippen molar-refractivity contribution in [3.8, 4) is 0 Å². The Kier molecular flexibility index (Phi) is 53.9. The molecule has 0 radical (unpaired) electrons. The van der Waals surface area contributed by atoms with Crippen LogP contribution in [0, 0.1) is 0 Å². The summed E-state index contributed by atoms with van der Waals surface area (Å²) in [5.41, 5.74) is 0. The molecule has 0 aliphatic carbocycles. The van der Waals surface area contributed by atoms with E-state index in [1.54, 1.807) is 27.7 Å². The van der Waals surface area contributed by atoms with Crippen molar-refractivity contribution in [3.05, 3.63) is 0 Å². The van der Waals surface area contributed by atoms with Crippen LogP contribution in [0.4, 0.5) is 0 Å². The van der Waals surface area contributed by atoms with Gasteiger partial charge in [0.1, 0.15) is 0 Å². The fourth-order valence-corrected chi connectivity index (χ4v) is 0.642. The van der Waals surface area contributed by atoms with Crippen LogP contribution in [0.15, 0.2) is 0 Å². The van der Waals surface area contributed by atoms with Crippen molar-refractivity contribution in [1.82, 2.24) is 0 Å². The normalized spacial score (nSPS) is 8.11. The Balaban J connectivity index is -0.0000000512. The fourth-order valence-electron chi connectivity index (χ4n) is 0.642. The van der Waals surface area contributed by atoms with E-state index >= 15 is 0 Å². The van der Waals surface area contributed by atoms with Crippen LogP contribution < -0.4 is 0 Å². The fraction of sp³-hybridized carbons (Fsp3) is 0.833. The van der Waals surface area contributed by atoms with Gasteiger partial charge >= 0.3 is 17.9 Å². The predicted molar refractivity (Wildman–Crippen MR) is 112 cm³/mol. The summed E-state index contributed by atoms with van der Waals surface area (Å²) < 4.78 is 0. The van der Waals surface area contributed by atoms with Gasteiger partial charge in [0.15, 0.2) is 17.4 Å². The first-order chi connectivity index (χ1) is 11.8. The van der Waals surface area contributed by atoms with Gasteiger partial charge in [0.25, 0.3) is 0 Å². The summed E-state index contributed by atoms with van der Waals surface area (Å²) in [5.74, 6) is -2.13. The van der Waals surface area contributed by atoms with E-state index in [1.807, 2.05) is 20.8 Å². The molecule has 9 heteroatoms. The Morgan fingerprint density at radius 3 is 0.704 bits per heavy atom. The zero-order valence-corrected chi connectivity index (χ0v) is 17.4. The van der Waals surface area contributed by atoms with Crippen LogP contribution in [-0.4, -0.2) is 73.0 Å². The largest absolute Gasteiger partial charge is 0.481 e. The summed E-state index contributed by atoms with van der Waals surface area (Å²) in [6, 6.07) is 0. The van der Waals surface area contributed by atoms with E-state index in [4.69, 9.17) is 25.5 Å². The number of carboxylic acid groups (broad SMARTS) is 3. The zero-order valence-electron chi connectivity index (χ0n) is 17.4. The topological polar surface area (TPSA) is 152 Å². The second-order valence-electron chi connectivity index (χ2n) is 5.62. The van der Waals surface area contributed by atoms with Crippen LogP contribution in [0.3, 0.4) is 0 Å². The molecule has 0 aliphatic rings. The molecule has 0 spiro atoms. The van der Waals surface area contributed by atoms with Crippen molar-refractivity contribution in [1.29, 1.82) is 0 Å². The molecule has 0 aromatic carbocycles. The van der Waals surface area contributed by atoms with E-state index in [9.17, 15) is 14.4 Å². The molecule has 0 heterocycles. The number of aliphatic carboxylic acids is 3. The van der Waals surface area contributed by atoms with E-state index in [0.717, 1.165) is 19.3 Å². The summed E-state index contributed by atoms with van der Waals surface area (Å²) in [7, 11) is 0. The van der Waals surface area contributed by atoms with Gasteiger partial charge < -0.3 is 25.5 Å². The molecule has 0 bridgehead atoms. The third-order valence-corrected chi connectivity index (χ3v) is 1.39. The first-order valence-electron chi connectivity index (χ1n) is 8.79. The first kappa shape index (κ1) is 40.5. The highest BCUT2D eigenvalue weighted by Gasteiger charge is 1.88. The SMILES string of the molecule is CC(C)O.CC(C)O.CCCC(=O)O.CCCC(=O)O.CCCC(=O)O.[AlH3]. The minimum Gasteiger partial charge on any atom is -0.481 e. The molecule has 27 heavy (non-hydrogen) atoms. The highest BCUT2D eigenvalue weighted by atomic mass is 27.0. The average molecular weight is 415 g/mol. The monoisotopic (exact) mass is 414 g/mol. The maximum absolute atomic E-state index is 9.60. The second kappa shape index (κ2) is 35.9. The van der Waals surface area contributed by atoms with Crippen molar-refractivity contribution in [2.45, 2.75) is 99.2 Å². The number of aliphatic hydroxyl groups is 2. The third-order valence-electron chi connectivity index (χ3n) is 1.39. The van der Waals surface area contributed by atoms with Crippen molar-refractivity contribution >= 4 is 35.3 Å². The van der Waals surface area contributed by atoms with Gasteiger partial charge in [-0.1, -0.05) is 20.8 Å². The summed E-state index contributed by atoms with van der Waals surface area (Å²) in [5, 5.41) is 39.9. The maximum Gasteiger partial charge on any atom is 0.303 e. The van der Waals surface area contributed by atoms with E-state index in [2.05, 4.69) is 0 Å². The number of hydrogen-bond donors (Lipinski definition) is 5. The molecule has 0 rings (SSSR count). The number of carboxylic acids is 3. The molecule has 166 valence electrons. The Bertz CT molecular complexity index is 258. The Hall–Kier alpha value is -1.14. The molecule has 0 saturated carbocycles. The highest BCUT2D eigenvalue weighted by molar-refractivity contribution is 5.75. The Morgan fingerprint density at radius 2 is 0.704 bits per heavy atom. The van der Waals surface area contributed by atoms with Gasteiger partial charge in [0.05, 0.1) is 0 Å². The molecule has 0 aliphatic heterocycles. The minimum absolute atomic E-state index is 0. The van der Waals surface area contributed by atoms with Crippen molar-refractivity contribution in [2.75, 3.05) is 0 Å². The zero-order chi connectivity index (χ0) is 22.1. The van der Waals surface area contributed by atoms with Gasteiger partial charge in [-0.15, -0.1) is 0 Å². The molecular weight excluding hydrogens is 371 g/mol. The van der Waals surface area contributed by atoms with Crippen molar-refractivity contribution in [2.24, 2.45) is 0 Å². The smallest absolute Gasteiger partial charge is 0.303 e. The van der Waals surface area contributed by atoms with Crippen LogP contribution in [0.5, 0.6) is 0 Å². The summed E-state index contributed by atoms with van der Waals surface area (Å²) >= 11 is 0. The van der Waals surface area contributed by atoms with Crippen molar-refractivity contribution < 1.29 is 39.9 Å². The Morgan fingerprint density at radius 1 is 0.593 bits per heavy atom. The quantitative estimate of drug-likeness (QED) is 0.415. The molecule has 0 saturated heterocycles. The predicted octanol–water partition coefficient (Wildman–Crippen LogP) is 2.20. The van der Waals surface area contributed by atoms with Crippen LogP contribution in [0.1, 0.15) is 87.0 Å². The third kappa shape index (κ3) is 210. The van der Waals surface area contributed by atoms with Gasteiger partial charge in [-0.2, -0.15) is 0 Å². The van der Waals surface area contributed by atoms with Crippen LogP contribution in [0.2, 0.25) is 0 Å². The number of hydrogen-bond acceptors (Lipinski definition) is 5. The molecule has 5 N–H and O–H groups in total. The highest BCUT2D eigenvalue weighted by Crippen LogP contribution is 1.83. The number of carbonyl (C=O) groups is 3. The van der Waals surface area contributed by atoms with Gasteiger partial charge in [0.2, 0.25) is 0 Å². The van der Waals surface area contributed by atoms with E-state index in [0.29, 0.717) is 19.3 Å². The average Bonchev–Trinajstić information content (AvgIpc) is 2.37. The van der Waals surface area contributed by atoms with E-state index in [1.165, 1.54) is 0 Å².